The normalized spacial score (nSPS) is 12.7. The minimum absolute atomic E-state index is 0.601. The summed E-state index contributed by atoms with van der Waals surface area (Å²) in [7, 11) is 0. The molecule has 2 aromatic heterocycles. The van der Waals surface area contributed by atoms with Crippen LogP contribution in [-0.2, 0) is 5.41 Å². The van der Waals surface area contributed by atoms with Crippen LogP contribution < -0.4 is 4.90 Å². The molecule has 0 N–H and O–H groups in total. The van der Waals surface area contributed by atoms with Gasteiger partial charge in [0.2, 0.25) is 0 Å². The first-order valence-corrected chi connectivity index (χ1v) is 26.2. The van der Waals surface area contributed by atoms with E-state index >= 15 is 0 Å². The second kappa shape index (κ2) is 16.9. The lowest BCUT2D eigenvalue weighted by molar-refractivity contribution is 0.669. The van der Waals surface area contributed by atoms with E-state index in [0.29, 0.717) is 0 Å². The molecule has 0 unspecified atom stereocenters. The van der Waals surface area contributed by atoms with Gasteiger partial charge in [-0.25, -0.2) is 0 Å². The Labute approximate surface area is 433 Å². The van der Waals surface area contributed by atoms with Gasteiger partial charge in [-0.2, -0.15) is 0 Å². The summed E-state index contributed by atoms with van der Waals surface area (Å²) in [5.74, 6) is 0. The molecular formula is C71H45NOS. The molecule has 0 atom stereocenters. The smallest absolute Gasteiger partial charge is 0.135 e. The first-order valence-electron chi connectivity index (χ1n) is 25.4. The van der Waals surface area contributed by atoms with E-state index in [2.05, 4.69) is 266 Å². The number of hydrogen-bond acceptors (Lipinski definition) is 3. The molecule has 14 aromatic rings. The number of anilines is 3. The van der Waals surface area contributed by atoms with Crippen LogP contribution in [0.5, 0.6) is 0 Å². The van der Waals surface area contributed by atoms with Crippen LogP contribution in [0.1, 0.15) is 22.3 Å². The van der Waals surface area contributed by atoms with Crippen molar-refractivity contribution in [2.24, 2.45) is 0 Å². The highest BCUT2D eigenvalue weighted by Crippen LogP contribution is 2.57. The van der Waals surface area contributed by atoms with Crippen LogP contribution in [0.2, 0.25) is 0 Å². The lowest BCUT2D eigenvalue weighted by atomic mass is 9.67. The maximum absolute atomic E-state index is 6.22. The van der Waals surface area contributed by atoms with Crippen LogP contribution in [0, 0.1) is 0 Å². The monoisotopic (exact) mass is 959 g/mol. The number of rotatable bonds is 8. The predicted molar refractivity (Wildman–Crippen MR) is 312 cm³/mol. The lowest BCUT2D eigenvalue weighted by Crippen LogP contribution is -2.29. The van der Waals surface area contributed by atoms with Crippen LogP contribution in [0.4, 0.5) is 17.1 Å². The zero-order valence-corrected chi connectivity index (χ0v) is 41.1. The van der Waals surface area contributed by atoms with Crippen LogP contribution in [0.15, 0.2) is 277 Å². The highest BCUT2D eigenvalue weighted by atomic mass is 32.1. The third-order valence-electron chi connectivity index (χ3n) is 15.5. The van der Waals surface area contributed by atoms with Crippen molar-refractivity contribution in [3.05, 3.63) is 295 Å². The highest BCUT2D eigenvalue weighted by Gasteiger charge is 2.46. The molecule has 15 rings (SSSR count). The van der Waals surface area contributed by atoms with Crippen molar-refractivity contribution in [3.63, 3.8) is 0 Å². The van der Waals surface area contributed by atoms with Gasteiger partial charge >= 0.3 is 0 Å². The van der Waals surface area contributed by atoms with Crippen molar-refractivity contribution in [2.75, 3.05) is 4.90 Å². The van der Waals surface area contributed by atoms with E-state index in [1.54, 1.807) is 0 Å². The molecule has 1 aliphatic rings. The van der Waals surface area contributed by atoms with Crippen molar-refractivity contribution in [1.29, 1.82) is 0 Å². The number of thiophene rings is 1. The Hall–Kier alpha value is -9.28. The maximum atomic E-state index is 6.22. The second-order valence-electron chi connectivity index (χ2n) is 19.6. The fraction of sp³-hybridized carbons (Fsp3) is 0.0141. The largest absolute Gasteiger partial charge is 0.456 e. The fourth-order valence-electron chi connectivity index (χ4n) is 12.1. The third-order valence-corrected chi connectivity index (χ3v) is 16.7. The molecule has 2 nitrogen and oxygen atoms in total. The summed E-state index contributed by atoms with van der Waals surface area (Å²) < 4.78 is 8.87. The van der Waals surface area contributed by atoms with Crippen molar-refractivity contribution in [1.82, 2.24) is 0 Å². The van der Waals surface area contributed by atoms with Crippen LogP contribution in [0.25, 0.3) is 97.4 Å². The molecule has 0 saturated heterocycles. The summed E-state index contributed by atoms with van der Waals surface area (Å²) in [6.45, 7) is 0. The maximum Gasteiger partial charge on any atom is 0.135 e. The Morgan fingerprint density at radius 3 is 1.70 bits per heavy atom. The number of nitrogens with zero attached hydrogens (tertiary/aromatic N) is 1. The van der Waals surface area contributed by atoms with E-state index in [-0.39, 0.29) is 0 Å². The second-order valence-corrected chi connectivity index (χ2v) is 20.6. The molecular weight excluding hydrogens is 915 g/mol. The van der Waals surface area contributed by atoms with Gasteiger partial charge in [-0.05, 0) is 150 Å². The fourth-order valence-corrected chi connectivity index (χ4v) is 13.4. The minimum atomic E-state index is -0.601. The summed E-state index contributed by atoms with van der Waals surface area (Å²) in [6.07, 6.45) is 0. The average Bonchev–Trinajstić information content (AvgIpc) is 4.14. The zero-order valence-electron chi connectivity index (χ0n) is 40.2. The van der Waals surface area contributed by atoms with Gasteiger partial charge in [0, 0.05) is 48.0 Å². The van der Waals surface area contributed by atoms with Crippen molar-refractivity contribution in [2.45, 2.75) is 5.41 Å². The van der Waals surface area contributed by atoms with Crippen LogP contribution in [0.3, 0.4) is 0 Å². The van der Waals surface area contributed by atoms with Gasteiger partial charge in [0.15, 0.2) is 0 Å². The van der Waals surface area contributed by atoms with Gasteiger partial charge in [-0.1, -0.05) is 200 Å². The predicted octanol–water partition coefficient (Wildman–Crippen LogP) is 19.9. The molecule has 2 heterocycles. The van der Waals surface area contributed by atoms with Gasteiger partial charge in [-0.15, -0.1) is 11.3 Å². The van der Waals surface area contributed by atoms with Crippen LogP contribution in [-0.4, -0.2) is 0 Å². The quantitative estimate of drug-likeness (QED) is 0.151. The summed E-state index contributed by atoms with van der Waals surface area (Å²) >= 11 is 1.88. The Kier molecular flexibility index (Phi) is 9.70. The van der Waals surface area contributed by atoms with Gasteiger partial charge in [-0.3, -0.25) is 0 Å². The molecule has 0 radical (unpaired) electrons. The van der Waals surface area contributed by atoms with Crippen molar-refractivity contribution in [3.8, 4) is 44.5 Å². The molecule has 12 aromatic carbocycles. The number of hydrogen-bond donors (Lipinski definition) is 0. The summed E-state index contributed by atoms with van der Waals surface area (Å²) in [5, 5.41) is 7.27. The molecule has 74 heavy (non-hydrogen) atoms. The molecule has 1 aliphatic carbocycles. The Balaban J connectivity index is 0.902. The lowest BCUT2D eigenvalue weighted by Gasteiger charge is -2.35. The SMILES string of the molecule is c1ccc(-c2cccc(C3(c4cccc(N(c5ccc(-c6ccc7oc8ccccc8c7c6)cc5)c5ccc6cc(-c7cccc8c7sc7ccccc78)ccc6c5)c4)c4ccccc4-c4ccccc43)c2)cc1. The molecule has 346 valence electrons. The van der Waals surface area contributed by atoms with Gasteiger partial charge in [0.25, 0.3) is 0 Å². The van der Waals surface area contributed by atoms with Crippen molar-refractivity contribution >= 4 is 81.3 Å². The highest BCUT2D eigenvalue weighted by molar-refractivity contribution is 7.26. The first-order chi connectivity index (χ1) is 36.7. The Morgan fingerprint density at radius 2 is 0.865 bits per heavy atom. The molecule has 0 saturated carbocycles. The minimum Gasteiger partial charge on any atom is -0.456 e. The van der Waals surface area contributed by atoms with E-state index < -0.39 is 5.41 Å². The van der Waals surface area contributed by atoms with Crippen molar-refractivity contribution < 1.29 is 4.42 Å². The Bertz CT molecular complexity index is 4460. The number of para-hydroxylation sites is 1. The van der Waals surface area contributed by atoms with Crippen LogP contribution >= 0.6 is 11.3 Å². The van der Waals surface area contributed by atoms with E-state index in [0.717, 1.165) is 50.1 Å². The van der Waals surface area contributed by atoms with E-state index in [4.69, 9.17) is 4.42 Å². The summed E-state index contributed by atoms with van der Waals surface area (Å²) in [5.41, 5.74) is 19.2. The summed E-state index contributed by atoms with van der Waals surface area (Å²) in [6, 6.07) is 101. The van der Waals surface area contributed by atoms with Gasteiger partial charge in [0.05, 0.1) is 5.41 Å². The zero-order chi connectivity index (χ0) is 48.7. The first kappa shape index (κ1) is 42.4. The van der Waals surface area contributed by atoms with E-state index in [1.165, 1.54) is 86.6 Å². The molecule has 0 amide bonds. The molecule has 0 aliphatic heterocycles. The molecule has 0 fully saturated rings. The van der Waals surface area contributed by atoms with E-state index in [1.807, 2.05) is 23.5 Å². The topological polar surface area (TPSA) is 16.4 Å². The van der Waals surface area contributed by atoms with E-state index in [9.17, 15) is 0 Å². The standard InChI is InChI=1S/C71H45NOS/c1-2-15-46(16-3-1)48-17-12-18-53(42-48)71(65-27-8-4-21-59(65)60-22-5-9-28-66(60)71)54-19-13-20-56(45-54)72(55-37-33-47(34-38-55)51-36-40-68-64(44-51)61-23-6-10-29-67(61)73-68)57-39-35-49-41-52(32-31-50(49)43-57)58-25-14-26-63-62-24-7-11-30-69(62)74-70(58)63/h1-45H. The number of furan rings is 1. The molecule has 3 heteroatoms. The van der Waals surface area contributed by atoms with Gasteiger partial charge in [0.1, 0.15) is 11.2 Å². The Morgan fingerprint density at radius 1 is 0.311 bits per heavy atom. The third kappa shape index (κ3) is 6.64. The number of benzene rings is 12. The molecule has 0 spiro atoms. The molecule has 0 bridgehead atoms. The summed E-state index contributed by atoms with van der Waals surface area (Å²) in [4.78, 5) is 2.44. The van der Waals surface area contributed by atoms with Gasteiger partial charge < -0.3 is 9.32 Å². The number of fused-ring (bicyclic) bond motifs is 10. The average molecular weight is 960 g/mol.